The van der Waals surface area contributed by atoms with Crippen molar-refractivity contribution in [2.75, 3.05) is 0 Å². The minimum absolute atomic E-state index is 0.0935. The first-order valence-corrected chi connectivity index (χ1v) is 5.54. The molecule has 1 aliphatic carbocycles. The number of piperidine rings is 1. The van der Waals surface area contributed by atoms with Crippen LogP contribution in [0.5, 0.6) is 0 Å². The van der Waals surface area contributed by atoms with Crippen LogP contribution in [0.25, 0.3) is 0 Å². The topological polar surface area (TPSA) is 66.8 Å². The largest absolute Gasteiger partial charge is 0.480 e. The second-order valence-electron chi connectivity index (χ2n) is 5.54. The summed E-state index contributed by atoms with van der Waals surface area (Å²) >= 11 is 0. The molecule has 5 nitrogen and oxygen atoms in total. The molecule has 2 fully saturated rings. The third kappa shape index (κ3) is 1.99. The van der Waals surface area contributed by atoms with E-state index in [1.807, 2.05) is 0 Å². The SMILES string of the molecule is CC(C)(C)OC(=O)N1C2C[C@@H]2C[C@H]1C(=O)O. The van der Waals surface area contributed by atoms with Crippen LogP contribution in [-0.2, 0) is 9.53 Å². The van der Waals surface area contributed by atoms with E-state index in [1.165, 1.54) is 4.90 Å². The van der Waals surface area contributed by atoms with Crippen LogP contribution in [0.3, 0.4) is 0 Å². The van der Waals surface area contributed by atoms with E-state index in [0.717, 1.165) is 6.42 Å². The van der Waals surface area contributed by atoms with E-state index < -0.39 is 23.7 Å². The van der Waals surface area contributed by atoms with Gasteiger partial charge >= 0.3 is 12.1 Å². The zero-order valence-electron chi connectivity index (χ0n) is 9.77. The molecule has 2 aliphatic rings. The quantitative estimate of drug-likeness (QED) is 0.736. The van der Waals surface area contributed by atoms with E-state index in [0.29, 0.717) is 12.3 Å². The van der Waals surface area contributed by atoms with Gasteiger partial charge in [-0.05, 0) is 39.5 Å². The molecule has 1 unspecified atom stereocenters. The van der Waals surface area contributed by atoms with Gasteiger partial charge in [0.15, 0.2) is 0 Å². The molecule has 0 aromatic carbocycles. The maximum atomic E-state index is 11.9. The van der Waals surface area contributed by atoms with Gasteiger partial charge in [-0.25, -0.2) is 9.59 Å². The summed E-state index contributed by atoms with van der Waals surface area (Å²) in [5.41, 5.74) is -0.576. The van der Waals surface area contributed by atoms with Crippen molar-refractivity contribution in [3.8, 4) is 0 Å². The minimum atomic E-state index is -0.932. The molecular weight excluding hydrogens is 210 g/mol. The van der Waals surface area contributed by atoms with Crippen molar-refractivity contribution in [1.82, 2.24) is 4.90 Å². The summed E-state index contributed by atoms with van der Waals surface area (Å²) < 4.78 is 5.22. The lowest BCUT2D eigenvalue weighted by Crippen LogP contribution is -2.45. The minimum Gasteiger partial charge on any atom is -0.480 e. The highest BCUT2D eigenvalue weighted by molar-refractivity contribution is 5.82. The fourth-order valence-electron chi connectivity index (χ4n) is 2.25. The van der Waals surface area contributed by atoms with E-state index in [2.05, 4.69) is 0 Å². The number of carbonyl (C=O) groups is 2. The van der Waals surface area contributed by atoms with Crippen molar-refractivity contribution in [3.05, 3.63) is 0 Å². The maximum absolute atomic E-state index is 11.9. The smallest absolute Gasteiger partial charge is 0.411 e. The molecule has 1 N–H and O–H groups in total. The Morgan fingerprint density at radius 1 is 1.31 bits per heavy atom. The highest BCUT2D eigenvalue weighted by atomic mass is 16.6. The molecule has 90 valence electrons. The van der Waals surface area contributed by atoms with Gasteiger partial charge in [-0.2, -0.15) is 0 Å². The monoisotopic (exact) mass is 227 g/mol. The lowest BCUT2D eigenvalue weighted by atomic mass is 10.2. The van der Waals surface area contributed by atoms with Gasteiger partial charge in [0.25, 0.3) is 0 Å². The normalized spacial score (nSPS) is 32.2. The van der Waals surface area contributed by atoms with Crippen molar-refractivity contribution in [1.29, 1.82) is 0 Å². The molecule has 1 saturated carbocycles. The van der Waals surface area contributed by atoms with Crippen molar-refractivity contribution < 1.29 is 19.4 Å². The average Bonchev–Trinajstić information content (AvgIpc) is 2.73. The number of hydrogen-bond acceptors (Lipinski definition) is 3. The lowest BCUT2D eigenvalue weighted by molar-refractivity contribution is -0.142. The number of ether oxygens (including phenoxy) is 1. The van der Waals surface area contributed by atoms with Crippen LogP contribution in [0, 0.1) is 5.92 Å². The third-order valence-corrected chi connectivity index (χ3v) is 2.99. The fraction of sp³-hybridized carbons (Fsp3) is 0.818. The predicted octanol–water partition coefficient (Wildman–Crippen LogP) is 1.47. The first-order valence-electron chi connectivity index (χ1n) is 5.54. The Labute approximate surface area is 94.4 Å². The molecule has 0 aromatic heterocycles. The van der Waals surface area contributed by atoms with Crippen LogP contribution in [0.1, 0.15) is 33.6 Å². The average molecular weight is 227 g/mol. The second-order valence-corrected chi connectivity index (χ2v) is 5.54. The first kappa shape index (κ1) is 11.2. The summed E-state index contributed by atoms with van der Waals surface area (Å²) in [6.07, 6.45) is 0.993. The summed E-state index contributed by atoms with van der Waals surface area (Å²) in [5.74, 6) is -0.563. The van der Waals surface area contributed by atoms with Crippen molar-refractivity contribution in [2.24, 2.45) is 5.92 Å². The molecule has 0 bridgehead atoms. The summed E-state index contributed by atoms with van der Waals surface area (Å²) in [4.78, 5) is 24.3. The Balaban J connectivity index is 2.07. The number of fused-ring (bicyclic) bond motifs is 1. The highest BCUT2D eigenvalue weighted by Crippen LogP contribution is 2.48. The number of carbonyl (C=O) groups excluding carboxylic acids is 1. The van der Waals surface area contributed by atoms with Gasteiger partial charge in [-0.1, -0.05) is 0 Å². The van der Waals surface area contributed by atoms with Crippen LogP contribution in [0.2, 0.25) is 0 Å². The number of hydrogen-bond donors (Lipinski definition) is 1. The van der Waals surface area contributed by atoms with Crippen LogP contribution in [0.4, 0.5) is 4.79 Å². The Hall–Kier alpha value is -1.26. The summed E-state index contributed by atoms with van der Waals surface area (Å²) in [6.45, 7) is 5.34. The van der Waals surface area contributed by atoms with Gasteiger partial charge in [0.2, 0.25) is 0 Å². The number of carboxylic acids is 1. The Kier molecular flexibility index (Phi) is 2.36. The van der Waals surface area contributed by atoms with E-state index in [4.69, 9.17) is 9.84 Å². The molecular formula is C11H17NO4. The summed E-state index contributed by atoms with van der Waals surface area (Å²) in [6, 6.07) is -0.602. The molecule has 1 amide bonds. The number of aliphatic carboxylic acids is 1. The molecule has 1 aliphatic heterocycles. The maximum Gasteiger partial charge on any atom is 0.411 e. The third-order valence-electron chi connectivity index (χ3n) is 2.99. The number of nitrogens with zero attached hydrogens (tertiary/aromatic N) is 1. The molecule has 1 heterocycles. The number of amides is 1. The van der Waals surface area contributed by atoms with Gasteiger partial charge in [0, 0.05) is 6.04 Å². The lowest BCUT2D eigenvalue weighted by Gasteiger charge is -2.28. The molecule has 0 radical (unpaired) electrons. The number of likely N-dealkylation sites (tertiary alicyclic amines) is 1. The second kappa shape index (κ2) is 3.37. The van der Waals surface area contributed by atoms with Crippen LogP contribution >= 0.6 is 0 Å². The standard InChI is InChI=1S/C11H17NO4/c1-11(2,3)16-10(15)12-7-4-6(7)5-8(12)9(13)14/h6-8H,4-5H2,1-3H3,(H,13,14)/t6-,7?,8+/m1/s1. The van der Waals surface area contributed by atoms with E-state index in [9.17, 15) is 9.59 Å². The molecule has 16 heavy (non-hydrogen) atoms. The van der Waals surface area contributed by atoms with Crippen LogP contribution < -0.4 is 0 Å². The zero-order chi connectivity index (χ0) is 12.1. The van der Waals surface area contributed by atoms with E-state index in [1.54, 1.807) is 20.8 Å². The van der Waals surface area contributed by atoms with Crippen LogP contribution in [0.15, 0.2) is 0 Å². The van der Waals surface area contributed by atoms with Gasteiger partial charge in [0.1, 0.15) is 11.6 Å². The molecule has 0 aromatic rings. The van der Waals surface area contributed by atoms with Crippen molar-refractivity contribution in [3.63, 3.8) is 0 Å². The van der Waals surface area contributed by atoms with Gasteiger partial charge < -0.3 is 9.84 Å². The highest BCUT2D eigenvalue weighted by Gasteiger charge is 2.57. The molecule has 3 atom stereocenters. The van der Waals surface area contributed by atoms with E-state index >= 15 is 0 Å². The Bertz CT molecular complexity index is 333. The number of rotatable bonds is 1. The summed E-state index contributed by atoms with van der Waals surface area (Å²) in [7, 11) is 0. The van der Waals surface area contributed by atoms with Crippen molar-refractivity contribution in [2.45, 2.75) is 51.3 Å². The van der Waals surface area contributed by atoms with E-state index in [-0.39, 0.29) is 6.04 Å². The van der Waals surface area contributed by atoms with Gasteiger partial charge in [0.05, 0.1) is 0 Å². The number of carboxylic acid groups (broad SMARTS) is 1. The predicted molar refractivity (Wildman–Crippen MR) is 56.0 cm³/mol. The van der Waals surface area contributed by atoms with Crippen molar-refractivity contribution >= 4 is 12.1 Å². The molecule has 2 rings (SSSR count). The summed E-state index contributed by atoms with van der Waals surface area (Å²) in [5, 5.41) is 9.02. The Morgan fingerprint density at radius 2 is 1.94 bits per heavy atom. The zero-order valence-corrected chi connectivity index (χ0v) is 9.77. The van der Waals surface area contributed by atoms with Crippen LogP contribution in [-0.4, -0.2) is 39.8 Å². The first-order chi connectivity index (χ1) is 7.29. The molecule has 0 spiro atoms. The molecule has 1 saturated heterocycles. The van der Waals surface area contributed by atoms with Gasteiger partial charge in [-0.3, -0.25) is 4.90 Å². The fourth-order valence-corrected chi connectivity index (χ4v) is 2.25. The van der Waals surface area contributed by atoms with Gasteiger partial charge in [-0.15, -0.1) is 0 Å². The Morgan fingerprint density at radius 3 is 2.44 bits per heavy atom. The molecule has 5 heteroatoms.